The van der Waals surface area contributed by atoms with Crippen molar-refractivity contribution in [2.24, 2.45) is 0 Å². The highest BCUT2D eigenvalue weighted by Crippen LogP contribution is 2.38. The first-order valence-corrected chi connectivity index (χ1v) is 10.3. The van der Waals surface area contributed by atoms with Gasteiger partial charge in [0.05, 0.1) is 27.5 Å². The minimum absolute atomic E-state index is 0.0418. The fourth-order valence-corrected chi connectivity index (χ4v) is 4.50. The first-order valence-electron chi connectivity index (χ1n) is 9.41. The normalized spacial score (nSPS) is 18.1. The van der Waals surface area contributed by atoms with Crippen molar-refractivity contribution < 1.29 is 4.79 Å². The van der Waals surface area contributed by atoms with E-state index in [1.165, 1.54) is 12.8 Å². The van der Waals surface area contributed by atoms with Crippen LogP contribution in [-0.4, -0.2) is 38.7 Å². The molecule has 1 aliphatic heterocycles. The third-order valence-corrected chi connectivity index (χ3v) is 6.31. The lowest BCUT2D eigenvalue weighted by molar-refractivity contribution is 0.0688. The van der Waals surface area contributed by atoms with Gasteiger partial charge < -0.3 is 4.90 Å². The van der Waals surface area contributed by atoms with Gasteiger partial charge in [-0.2, -0.15) is 5.10 Å². The van der Waals surface area contributed by atoms with E-state index in [-0.39, 0.29) is 17.5 Å². The molecule has 0 spiro atoms. The van der Waals surface area contributed by atoms with E-state index in [4.69, 9.17) is 0 Å². The van der Waals surface area contributed by atoms with E-state index < -0.39 is 0 Å². The van der Waals surface area contributed by atoms with Gasteiger partial charge in [0.2, 0.25) is 0 Å². The van der Waals surface area contributed by atoms with Crippen LogP contribution in [0.2, 0.25) is 0 Å². The van der Waals surface area contributed by atoms with Crippen molar-refractivity contribution in [3.05, 3.63) is 57.5 Å². The number of aromatic nitrogens is 3. The van der Waals surface area contributed by atoms with Gasteiger partial charge in [-0.05, 0) is 49.9 Å². The minimum atomic E-state index is -0.0418. The Balaban J connectivity index is 1.30. The molecule has 1 amide bonds. The van der Waals surface area contributed by atoms with Crippen molar-refractivity contribution in [2.75, 3.05) is 13.1 Å². The number of nitrogens with zero attached hydrogens (tertiary/aromatic N) is 4. The summed E-state index contributed by atoms with van der Waals surface area (Å²) in [6, 6.07) is 9.25. The molecule has 5 rings (SSSR count). The molecule has 0 N–H and O–H groups in total. The van der Waals surface area contributed by atoms with E-state index in [2.05, 4.69) is 10.1 Å². The highest BCUT2D eigenvalue weighted by atomic mass is 32.1. The molecule has 0 atom stereocenters. The molecule has 0 unspecified atom stereocenters. The molecule has 0 bridgehead atoms. The van der Waals surface area contributed by atoms with E-state index in [0.29, 0.717) is 24.6 Å². The second-order valence-electron chi connectivity index (χ2n) is 7.37. The maximum Gasteiger partial charge on any atom is 0.267 e. The first-order chi connectivity index (χ1) is 13.2. The zero-order chi connectivity index (χ0) is 18.4. The summed E-state index contributed by atoms with van der Waals surface area (Å²) in [5, 5.41) is 4.61. The highest BCUT2D eigenvalue weighted by Gasteiger charge is 2.29. The predicted octanol–water partition coefficient (Wildman–Crippen LogP) is 3.21. The summed E-state index contributed by atoms with van der Waals surface area (Å²) in [6.45, 7) is 1.29. The number of fused-ring (bicyclic) bond motifs is 1. The quantitative estimate of drug-likeness (QED) is 0.700. The maximum atomic E-state index is 12.9. The molecule has 6 nitrogen and oxygen atoms in total. The topological polar surface area (TPSA) is 68.1 Å². The molecule has 3 heterocycles. The monoisotopic (exact) mass is 380 g/mol. The third-order valence-electron chi connectivity index (χ3n) is 5.52. The van der Waals surface area contributed by atoms with E-state index in [1.807, 2.05) is 29.2 Å². The number of hydrogen-bond acceptors (Lipinski definition) is 5. The zero-order valence-corrected chi connectivity index (χ0v) is 15.7. The number of carbonyl (C=O) groups is 1. The minimum Gasteiger partial charge on any atom is -0.338 e. The number of piperidine rings is 1. The molecule has 1 saturated heterocycles. The van der Waals surface area contributed by atoms with Gasteiger partial charge in [0.15, 0.2) is 0 Å². The summed E-state index contributed by atoms with van der Waals surface area (Å²) in [5.41, 5.74) is 4.42. The van der Waals surface area contributed by atoms with Gasteiger partial charge in [-0.1, -0.05) is 0 Å². The Bertz CT molecular complexity index is 1060. The van der Waals surface area contributed by atoms with Crippen LogP contribution in [0.5, 0.6) is 0 Å². The molecule has 1 saturated carbocycles. The van der Waals surface area contributed by atoms with Crippen LogP contribution < -0.4 is 5.56 Å². The molecular formula is C20H20N4O2S. The first kappa shape index (κ1) is 16.6. The van der Waals surface area contributed by atoms with Crippen molar-refractivity contribution in [3.8, 4) is 0 Å². The highest BCUT2D eigenvalue weighted by molar-refractivity contribution is 7.16. The third kappa shape index (κ3) is 3.16. The fourth-order valence-electron chi connectivity index (χ4n) is 3.78. The smallest absolute Gasteiger partial charge is 0.267 e. The number of carbonyl (C=O) groups excluding carboxylic acids is 1. The largest absolute Gasteiger partial charge is 0.338 e. The molecule has 1 aromatic carbocycles. The van der Waals surface area contributed by atoms with Crippen LogP contribution in [-0.2, 0) is 0 Å². The van der Waals surface area contributed by atoms with Crippen LogP contribution in [0.15, 0.2) is 40.6 Å². The Morgan fingerprint density at radius 3 is 2.67 bits per heavy atom. The zero-order valence-electron chi connectivity index (χ0n) is 14.9. The average molecular weight is 380 g/mol. The van der Waals surface area contributed by atoms with Crippen LogP contribution in [0, 0.1) is 0 Å². The number of likely N-dealkylation sites (tertiary alicyclic amines) is 1. The molecule has 2 aromatic heterocycles. The Hall–Kier alpha value is -2.54. The lowest BCUT2D eigenvalue weighted by Crippen LogP contribution is -2.41. The van der Waals surface area contributed by atoms with Gasteiger partial charge in [-0.3, -0.25) is 9.59 Å². The summed E-state index contributed by atoms with van der Waals surface area (Å²) in [7, 11) is 0. The van der Waals surface area contributed by atoms with Crippen molar-refractivity contribution >= 4 is 27.5 Å². The summed E-state index contributed by atoms with van der Waals surface area (Å²) in [4.78, 5) is 31.3. The number of rotatable bonds is 3. The van der Waals surface area contributed by atoms with Gasteiger partial charge in [0.25, 0.3) is 11.5 Å². The molecule has 3 aromatic rings. The molecule has 2 aliphatic rings. The van der Waals surface area contributed by atoms with E-state index in [9.17, 15) is 9.59 Å². The SMILES string of the molecule is O=C(c1ccc2ncsc2c1)N1CCC(n2nc(C3CC3)ccc2=O)CC1. The number of benzene rings is 1. The van der Waals surface area contributed by atoms with Crippen LogP contribution in [0.4, 0.5) is 0 Å². The van der Waals surface area contributed by atoms with Crippen LogP contribution in [0.1, 0.15) is 53.7 Å². The van der Waals surface area contributed by atoms with Crippen molar-refractivity contribution in [1.82, 2.24) is 19.7 Å². The van der Waals surface area contributed by atoms with Gasteiger partial charge in [-0.15, -0.1) is 11.3 Å². The number of hydrogen-bond donors (Lipinski definition) is 0. The Morgan fingerprint density at radius 1 is 1.07 bits per heavy atom. The van der Waals surface area contributed by atoms with Crippen molar-refractivity contribution in [3.63, 3.8) is 0 Å². The molecule has 138 valence electrons. The van der Waals surface area contributed by atoms with Gasteiger partial charge in [0, 0.05) is 30.6 Å². The molecule has 27 heavy (non-hydrogen) atoms. The van der Waals surface area contributed by atoms with Crippen molar-refractivity contribution in [1.29, 1.82) is 0 Å². The average Bonchev–Trinajstić information content (AvgIpc) is 3.45. The standard InChI is InChI=1S/C20H20N4O2S/c25-19-6-5-16(13-1-2-13)22-24(19)15-7-9-23(10-8-15)20(26)14-3-4-17-18(11-14)27-12-21-17/h3-6,11-13,15H,1-2,7-10H2. The molecule has 1 aliphatic carbocycles. The van der Waals surface area contributed by atoms with Crippen LogP contribution >= 0.6 is 11.3 Å². The summed E-state index contributed by atoms with van der Waals surface area (Å²) >= 11 is 1.55. The maximum absolute atomic E-state index is 12.9. The Kier molecular flexibility index (Phi) is 4.04. The van der Waals surface area contributed by atoms with E-state index in [0.717, 1.165) is 28.8 Å². The Labute approximate surface area is 160 Å². The number of amides is 1. The molecule has 7 heteroatoms. The van der Waals surface area contributed by atoms with Crippen molar-refractivity contribution in [2.45, 2.75) is 37.6 Å². The summed E-state index contributed by atoms with van der Waals surface area (Å²) in [6.07, 6.45) is 3.86. The van der Waals surface area contributed by atoms with E-state index >= 15 is 0 Å². The molecule has 0 radical (unpaired) electrons. The lowest BCUT2D eigenvalue weighted by Gasteiger charge is -2.32. The summed E-state index contributed by atoms with van der Waals surface area (Å²) < 4.78 is 2.68. The molecule has 2 fully saturated rings. The van der Waals surface area contributed by atoms with Gasteiger partial charge in [-0.25, -0.2) is 9.67 Å². The Morgan fingerprint density at radius 2 is 1.89 bits per heavy atom. The number of thiazole rings is 1. The van der Waals surface area contributed by atoms with Gasteiger partial charge >= 0.3 is 0 Å². The fraction of sp³-hybridized carbons (Fsp3) is 0.400. The predicted molar refractivity (Wildman–Crippen MR) is 104 cm³/mol. The second-order valence-corrected chi connectivity index (χ2v) is 8.26. The van der Waals surface area contributed by atoms with Crippen LogP contribution in [0.3, 0.4) is 0 Å². The molecular weight excluding hydrogens is 360 g/mol. The van der Waals surface area contributed by atoms with Crippen LogP contribution in [0.25, 0.3) is 10.2 Å². The lowest BCUT2D eigenvalue weighted by atomic mass is 10.0. The summed E-state index contributed by atoms with van der Waals surface area (Å²) in [5.74, 6) is 0.580. The van der Waals surface area contributed by atoms with Gasteiger partial charge in [0.1, 0.15) is 0 Å². The van der Waals surface area contributed by atoms with E-state index in [1.54, 1.807) is 27.6 Å². The second kappa shape index (κ2) is 6.56.